The third-order valence-electron chi connectivity index (χ3n) is 5.02. The Kier molecular flexibility index (Phi) is 4.21. The summed E-state index contributed by atoms with van der Waals surface area (Å²) in [6.45, 7) is 2.17. The van der Waals surface area contributed by atoms with Crippen LogP contribution >= 0.6 is 0 Å². The Labute approximate surface area is 139 Å². The van der Waals surface area contributed by atoms with Crippen molar-refractivity contribution in [1.82, 2.24) is 4.90 Å². The molecular weight excluding hydrogens is 314 g/mol. The Bertz CT molecular complexity index is 706. The molecule has 2 aliphatic rings. The highest BCUT2D eigenvalue weighted by molar-refractivity contribution is 6.03. The average Bonchev–Trinajstić information content (AvgIpc) is 3.11. The van der Waals surface area contributed by atoms with Crippen LogP contribution in [-0.2, 0) is 16.0 Å². The van der Waals surface area contributed by atoms with Gasteiger partial charge >= 0.3 is 5.97 Å². The molecule has 1 aliphatic heterocycles. The summed E-state index contributed by atoms with van der Waals surface area (Å²) in [5.41, 5.74) is 0.0184. The standard InChI is InChI=1S/C17H21NO6/c1-10-13-11(19)4-3-5-12(13)24-14(10)15(20)18-7-6-17(8-18,9-23-2)16(21)22/h3-9H2,1-2H3,(H,21,22). The van der Waals surface area contributed by atoms with E-state index in [4.69, 9.17) is 9.15 Å². The Hall–Kier alpha value is -2.15. The van der Waals surface area contributed by atoms with Gasteiger partial charge in [-0.2, -0.15) is 0 Å². The number of aryl methyl sites for hydroxylation is 1. The van der Waals surface area contributed by atoms with E-state index < -0.39 is 11.4 Å². The van der Waals surface area contributed by atoms with Gasteiger partial charge in [0.05, 0.1) is 12.2 Å². The largest absolute Gasteiger partial charge is 0.481 e. The minimum Gasteiger partial charge on any atom is -0.481 e. The lowest BCUT2D eigenvalue weighted by Gasteiger charge is -2.23. The van der Waals surface area contributed by atoms with E-state index in [0.717, 1.165) is 6.42 Å². The van der Waals surface area contributed by atoms with E-state index in [2.05, 4.69) is 0 Å². The molecule has 1 fully saturated rings. The summed E-state index contributed by atoms with van der Waals surface area (Å²) < 4.78 is 10.7. The Balaban J connectivity index is 1.86. The number of furan rings is 1. The summed E-state index contributed by atoms with van der Waals surface area (Å²) >= 11 is 0. The first-order valence-corrected chi connectivity index (χ1v) is 8.06. The zero-order valence-electron chi connectivity index (χ0n) is 13.9. The Morgan fingerprint density at radius 1 is 1.38 bits per heavy atom. The number of carboxylic acids is 1. The molecule has 0 spiro atoms. The maximum absolute atomic E-state index is 12.8. The highest BCUT2D eigenvalue weighted by Crippen LogP contribution is 2.34. The third kappa shape index (κ3) is 2.53. The van der Waals surface area contributed by atoms with E-state index >= 15 is 0 Å². The number of likely N-dealkylation sites (tertiary alicyclic amines) is 1. The molecule has 7 heteroatoms. The van der Waals surface area contributed by atoms with Crippen molar-refractivity contribution < 1.29 is 28.6 Å². The maximum Gasteiger partial charge on any atom is 0.313 e. The minimum atomic E-state index is -1.08. The van der Waals surface area contributed by atoms with Crippen molar-refractivity contribution in [3.8, 4) is 0 Å². The molecule has 0 bridgehead atoms. The molecule has 1 aromatic rings. The molecule has 0 radical (unpaired) electrons. The summed E-state index contributed by atoms with van der Waals surface area (Å²) in [7, 11) is 1.45. The molecule has 1 N–H and O–H groups in total. The van der Waals surface area contributed by atoms with Crippen molar-refractivity contribution in [1.29, 1.82) is 0 Å². The molecule has 2 heterocycles. The van der Waals surface area contributed by atoms with Crippen LogP contribution in [0.1, 0.15) is 51.5 Å². The molecule has 130 valence electrons. The molecular formula is C17H21NO6. The number of carbonyl (C=O) groups is 3. The van der Waals surface area contributed by atoms with Crippen molar-refractivity contribution >= 4 is 17.7 Å². The van der Waals surface area contributed by atoms with Gasteiger partial charge in [-0.3, -0.25) is 14.4 Å². The number of carbonyl (C=O) groups excluding carboxylic acids is 2. The normalized spacial score (nSPS) is 23.4. The van der Waals surface area contributed by atoms with Crippen LogP contribution in [0.2, 0.25) is 0 Å². The second kappa shape index (κ2) is 6.05. The number of nitrogens with zero attached hydrogens (tertiary/aromatic N) is 1. The van der Waals surface area contributed by atoms with Crippen LogP contribution in [0.3, 0.4) is 0 Å². The molecule has 1 unspecified atom stereocenters. The van der Waals surface area contributed by atoms with E-state index in [0.29, 0.717) is 42.7 Å². The number of hydrogen-bond donors (Lipinski definition) is 1. The number of aliphatic carboxylic acids is 1. The lowest BCUT2D eigenvalue weighted by Crippen LogP contribution is -2.40. The van der Waals surface area contributed by atoms with Gasteiger partial charge in [0.1, 0.15) is 11.2 Å². The first-order valence-electron chi connectivity index (χ1n) is 8.06. The SMILES string of the molecule is COCC1(C(=O)O)CCN(C(=O)c2oc3c(c2C)C(=O)CCC3)C1. The monoisotopic (exact) mass is 335 g/mol. The van der Waals surface area contributed by atoms with Crippen LogP contribution in [0.4, 0.5) is 0 Å². The Morgan fingerprint density at radius 3 is 2.75 bits per heavy atom. The summed E-state index contributed by atoms with van der Waals surface area (Å²) in [4.78, 5) is 37.9. The van der Waals surface area contributed by atoms with Gasteiger partial charge in [-0.05, 0) is 19.8 Å². The van der Waals surface area contributed by atoms with Crippen LogP contribution in [0.15, 0.2) is 4.42 Å². The fourth-order valence-corrected chi connectivity index (χ4v) is 3.67. The number of amides is 1. The lowest BCUT2D eigenvalue weighted by atomic mass is 9.88. The first-order chi connectivity index (χ1) is 11.4. The van der Waals surface area contributed by atoms with Crippen LogP contribution in [0.5, 0.6) is 0 Å². The summed E-state index contributed by atoms with van der Waals surface area (Å²) in [5, 5.41) is 9.50. The van der Waals surface area contributed by atoms with Gasteiger partial charge in [-0.1, -0.05) is 0 Å². The lowest BCUT2D eigenvalue weighted by molar-refractivity contribution is -0.151. The van der Waals surface area contributed by atoms with Gasteiger partial charge in [-0.15, -0.1) is 0 Å². The van der Waals surface area contributed by atoms with Crippen LogP contribution in [0.25, 0.3) is 0 Å². The zero-order chi connectivity index (χ0) is 17.5. The summed E-state index contributed by atoms with van der Waals surface area (Å²) in [5.74, 6) is -0.571. The number of rotatable bonds is 4. The minimum absolute atomic E-state index is 0.0113. The van der Waals surface area contributed by atoms with Gasteiger partial charge in [-0.25, -0.2) is 0 Å². The molecule has 0 saturated carbocycles. The number of carboxylic acid groups (broad SMARTS) is 1. The molecule has 1 saturated heterocycles. The highest BCUT2D eigenvalue weighted by atomic mass is 16.5. The zero-order valence-corrected chi connectivity index (χ0v) is 13.9. The molecule has 7 nitrogen and oxygen atoms in total. The Morgan fingerprint density at radius 2 is 2.12 bits per heavy atom. The van der Waals surface area contributed by atoms with Crippen molar-refractivity contribution in [3.63, 3.8) is 0 Å². The number of ketones is 1. The van der Waals surface area contributed by atoms with Gasteiger partial charge in [0.25, 0.3) is 5.91 Å². The van der Waals surface area contributed by atoms with E-state index in [1.165, 1.54) is 12.0 Å². The van der Waals surface area contributed by atoms with Gasteiger partial charge < -0.3 is 19.2 Å². The predicted octanol–water partition coefficient (Wildman–Crippen LogP) is 1.67. The van der Waals surface area contributed by atoms with Gasteiger partial charge in [0, 0.05) is 38.6 Å². The molecule has 1 aliphatic carbocycles. The smallest absolute Gasteiger partial charge is 0.313 e. The topological polar surface area (TPSA) is 97.1 Å². The number of Topliss-reactive ketones (excluding diaryl/α,β-unsaturated/α-hetero) is 1. The van der Waals surface area contributed by atoms with Crippen LogP contribution in [0, 0.1) is 12.3 Å². The molecule has 3 rings (SSSR count). The van der Waals surface area contributed by atoms with Crippen LogP contribution in [-0.4, -0.2) is 54.5 Å². The molecule has 1 aromatic heterocycles. The van der Waals surface area contributed by atoms with Gasteiger partial charge in [0.2, 0.25) is 0 Å². The molecule has 1 amide bonds. The van der Waals surface area contributed by atoms with Gasteiger partial charge in [0.15, 0.2) is 11.5 Å². The van der Waals surface area contributed by atoms with Crippen LogP contribution < -0.4 is 0 Å². The fourth-order valence-electron chi connectivity index (χ4n) is 3.67. The van der Waals surface area contributed by atoms with Crippen molar-refractivity contribution in [2.75, 3.05) is 26.8 Å². The van der Waals surface area contributed by atoms with Crippen molar-refractivity contribution in [2.24, 2.45) is 5.41 Å². The second-order valence-corrected chi connectivity index (χ2v) is 6.63. The van der Waals surface area contributed by atoms with E-state index in [-0.39, 0.29) is 30.6 Å². The molecule has 1 atom stereocenters. The average molecular weight is 335 g/mol. The molecule has 24 heavy (non-hydrogen) atoms. The number of ether oxygens (including phenoxy) is 1. The molecule has 0 aromatic carbocycles. The number of hydrogen-bond acceptors (Lipinski definition) is 5. The highest BCUT2D eigenvalue weighted by Gasteiger charge is 2.47. The summed E-state index contributed by atoms with van der Waals surface area (Å²) in [6.07, 6.45) is 2.19. The maximum atomic E-state index is 12.8. The van der Waals surface area contributed by atoms with Crippen molar-refractivity contribution in [3.05, 3.63) is 22.6 Å². The summed E-state index contributed by atoms with van der Waals surface area (Å²) in [6, 6.07) is 0. The second-order valence-electron chi connectivity index (χ2n) is 6.63. The first kappa shape index (κ1) is 16.7. The number of fused-ring (bicyclic) bond motifs is 1. The van der Waals surface area contributed by atoms with Crippen molar-refractivity contribution in [2.45, 2.75) is 32.6 Å². The number of methoxy groups -OCH3 is 1. The fraction of sp³-hybridized carbons (Fsp3) is 0.588. The quantitative estimate of drug-likeness (QED) is 0.899. The van der Waals surface area contributed by atoms with E-state index in [9.17, 15) is 19.5 Å². The van der Waals surface area contributed by atoms with E-state index in [1.807, 2.05) is 0 Å². The van der Waals surface area contributed by atoms with E-state index in [1.54, 1.807) is 6.92 Å². The predicted molar refractivity (Wildman–Crippen MR) is 83.2 cm³/mol. The third-order valence-corrected chi connectivity index (χ3v) is 5.02.